The van der Waals surface area contributed by atoms with Crippen molar-refractivity contribution in [2.24, 2.45) is 0 Å². The topological polar surface area (TPSA) is 53.3 Å². The Hall–Kier alpha value is -2.30. The molecule has 0 spiro atoms. The predicted octanol–water partition coefficient (Wildman–Crippen LogP) is 2.43. The van der Waals surface area contributed by atoms with Gasteiger partial charge in [0, 0.05) is 12.0 Å². The summed E-state index contributed by atoms with van der Waals surface area (Å²) in [6.07, 6.45) is 4.08. The normalized spacial score (nSPS) is 20.9. The van der Waals surface area contributed by atoms with Crippen LogP contribution in [-0.2, 0) is 4.74 Å². The summed E-state index contributed by atoms with van der Waals surface area (Å²) in [7, 11) is 1.38. The average molecular weight is 272 g/mol. The van der Waals surface area contributed by atoms with Crippen LogP contribution < -0.4 is 4.74 Å². The fraction of sp³-hybridized carbons (Fsp3) is 0.333. The van der Waals surface area contributed by atoms with Crippen molar-refractivity contribution < 1.29 is 14.3 Å². The number of methoxy groups -OCH3 is 1. The lowest BCUT2D eigenvalue weighted by Crippen LogP contribution is -2.28. The summed E-state index contributed by atoms with van der Waals surface area (Å²) in [6, 6.07) is 7.93. The Morgan fingerprint density at radius 1 is 1.45 bits per heavy atom. The van der Waals surface area contributed by atoms with Gasteiger partial charge in [0.05, 0.1) is 31.8 Å². The number of nitrogens with zero attached hydrogens (tertiary/aromatic N) is 2. The molecule has 0 radical (unpaired) electrons. The van der Waals surface area contributed by atoms with Crippen molar-refractivity contribution in [2.45, 2.75) is 25.5 Å². The number of carbonyl (C=O) groups is 1. The second-order valence-electron chi connectivity index (χ2n) is 4.90. The molecule has 2 heterocycles. The number of aromatic nitrogens is 2. The van der Waals surface area contributed by atoms with Gasteiger partial charge < -0.3 is 14.0 Å². The molecule has 1 aromatic heterocycles. The van der Waals surface area contributed by atoms with Gasteiger partial charge in [0.25, 0.3) is 0 Å². The predicted molar refractivity (Wildman–Crippen MR) is 72.9 cm³/mol. The Bertz CT molecular complexity index is 636. The van der Waals surface area contributed by atoms with Gasteiger partial charge in [-0.05, 0) is 13.0 Å². The molecule has 0 saturated carbocycles. The lowest BCUT2D eigenvalue weighted by Gasteiger charge is -2.31. The minimum atomic E-state index is -0.376. The highest BCUT2D eigenvalue weighted by Gasteiger charge is 2.29. The smallest absolute Gasteiger partial charge is 0.356 e. The molecule has 5 heteroatoms. The maximum Gasteiger partial charge on any atom is 0.356 e. The molecule has 20 heavy (non-hydrogen) atoms. The van der Waals surface area contributed by atoms with E-state index in [1.807, 2.05) is 35.8 Å². The number of esters is 1. The Balaban J connectivity index is 2.07. The first-order valence-corrected chi connectivity index (χ1v) is 6.56. The van der Waals surface area contributed by atoms with Crippen LogP contribution in [0.15, 0.2) is 36.8 Å². The van der Waals surface area contributed by atoms with Crippen molar-refractivity contribution in [3.8, 4) is 5.75 Å². The number of hydrogen-bond acceptors (Lipinski definition) is 4. The highest BCUT2D eigenvalue weighted by Crippen LogP contribution is 2.37. The van der Waals surface area contributed by atoms with Gasteiger partial charge in [-0.3, -0.25) is 0 Å². The first-order chi connectivity index (χ1) is 9.70. The summed E-state index contributed by atoms with van der Waals surface area (Å²) in [6.45, 7) is 2.03. The molecule has 0 saturated heterocycles. The van der Waals surface area contributed by atoms with Crippen LogP contribution in [0.5, 0.6) is 5.75 Å². The molecule has 104 valence electrons. The fourth-order valence-electron chi connectivity index (χ4n) is 2.65. The van der Waals surface area contributed by atoms with E-state index in [-0.39, 0.29) is 18.1 Å². The van der Waals surface area contributed by atoms with Crippen LogP contribution in [0.2, 0.25) is 0 Å². The van der Waals surface area contributed by atoms with Gasteiger partial charge in [0.15, 0.2) is 0 Å². The fourth-order valence-corrected chi connectivity index (χ4v) is 2.65. The van der Waals surface area contributed by atoms with Crippen LogP contribution >= 0.6 is 0 Å². The second kappa shape index (κ2) is 5.00. The van der Waals surface area contributed by atoms with Gasteiger partial charge in [-0.15, -0.1) is 0 Å². The van der Waals surface area contributed by atoms with Crippen molar-refractivity contribution in [3.05, 3.63) is 48.0 Å². The highest BCUT2D eigenvalue weighted by atomic mass is 16.5. The first kappa shape index (κ1) is 12.7. The minimum Gasteiger partial charge on any atom is -0.490 e. The molecule has 0 aliphatic carbocycles. The Morgan fingerprint density at radius 3 is 3.05 bits per heavy atom. The molecule has 1 aromatic carbocycles. The number of para-hydroxylation sites is 1. The first-order valence-electron chi connectivity index (χ1n) is 6.56. The molecule has 0 fully saturated rings. The van der Waals surface area contributed by atoms with Gasteiger partial charge in [-0.1, -0.05) is 18.2 Å². The molecule has 5 nitrogen and oxygen atoms in total. The zero-order valence-electron chi connectivity index (χ0n) is 11.4. The van der Waals surface area contributed by atoms with E-state index in [1.165, 1.54) is 13.3 Å². The monoisotopic (exact) mass is 272 g/mol. The number of hydrogen-bond donors (Lipinski definition) is 0. The minimum absolute atomic E-state index is 0.0338. The number of fused-ring (bicyclic) bond motifs is 1. The van der Waals surface area contributed by atoms with Crippen LogP contribution in [0.3, 0.4) is 0 Å². The molecule has 0 bridgehead atoms. The average Bonchev–Trinajstić information content (AvgIpc) is 2.94. The van der Waals surface area contributed by atoms with E-state index in [4.69, 9.17) is 9.47 Å². The summed E-state index contributed by atoms with van der Waals surface area (Å²) >= 11 is 0. The largest absolute Gasteiger partial charge is 0.490 e. The molecular weight excluding hydrogens is 256 g/mol. The molecule has 2 unspecified atom stereocenters. The molecule has 3 rings (SSSR count). The van der Waals surface area contributed by atoms with Gasteiger partial charge in [0.2, 0.25) is 0 Å². The van der Waals surface area contributed by atoms with E-state index in [0.717, 1.165) is 17.7 Å². The zero-order valence-corrected chi connectivity index (χ0v) is 11.4. The summed E-state index contributed by atoms with van der Waals surface area (Å²) in [5.41, 5.74) is 1.52. The molecular formula is C15H16N2O3. The summed E-state index contributed by atoms with van der Waals surface area (Å²) in [5, 5.41) is 0. The van der Waals surface area contributed by atoms with Crippen molar-refractivity contribution >= 4 is 5.97 Å². The molecule has 0 amide bonds. The van der Waals surface area contributed by atoms with Gasteiger partial charge in [-0.2, -0.15) is 0 Å². The number of rotatable bonds is 2. The highest BCUT2D eigenvalue weighted by molar-refractivity contribution is 5.87. The van der Waals surface area contributed by atoms with Crippen LogP contribution in [0.4, 0.5) is 0 Å². The van der Waals surface area contributed by atoms with Crippen LogP contribution in [-0.4, -0.2) is 28.7 Å². The van der Waals surface area contributed by atoms with Gasteiger partial charge >= 0.3 is 5.97 Å². The number of benzene rings is 1. The maximum atomic E-state index is 11.8. The van der Waals surface area contributed by atoms with E-state index >= 15 is 0 Å². The molecule has 2 aromatic rings. The zero-order chi connectivity index (χ0) is 14.1. The number of ether oxygens (including phenoxy) is 2. The third kappa shape index (κ3) is 2.05. The van der Waals surface area contributed by atoms with E-state index in [2.05, 4.69) is 4.98 Å². The van der Waals surface area contributed by atoms with Crippen molar-refractivity contribution in [2.75, 3.05) is 7.11 Å². The Kier molecular flexibility index (Phi) is 3.18. The number of carbonyl (C=O) groups excluding carboxylic acids is 1. The summed E-state index contributed by atoms with van der Waals surface area (Å²) in [4.78, 5) is 15.9. The maximum absolute atomic E-state index is 11.8. The quantitative estimate of drug-likeness (QED) is 0.788. The van der Waals surface area contributed by atoms with E-state index < -0.39 is 0 Å². The molecule has 1 aliphatic heterocycles. The van der Waals surface area contributed by atoms with E-state index in [0.29, 0.717) is 5.69 Å². The lowest BCUT2D eigenvalue weighted by atomic mass is 9.96. The molecule has 2 atom stereocenters. The third-order valence-corrected chi connectivity index (χ3v) is 3.56. The van der Waals surface area contributed by atoms with Crippen LogP contribution in [0.1, 0.15) is 35.4 Å². The Morgan fingerprint density at radius 2 is 2.25 bits per heavy atom. The van der Waals surface area contributed by atoms with Gasteiger partial charge in [0.1, 0.15) is 11.4 Å². The third-order valence-electron chi connectivity index (χ3n) is 3.56. The standard InChI is InChI=1S/C15H16N2O3/c1-10-7-12(11-5-3-4-6-14(11)20-10)17-9-16-8-13(17)15(18)19-2/h3-6,8-10,12H,7H2,1-2H3. The Labute approximate surface area is 117 Å². The molecule has 1 aliphatic rings. The second-order valence-corrected chi connectivity index (χ2v) is 4.90. The van der Waals surface area contributed by atoms with Gasteiger partial charge in [-0.25, -0.2) is 9.78 Å². The summed E-state index contributed by atoms with van der Waals surface area (Å²) < 4.78 is 12.5. The van der Waals surface area contributed by atoms with Crippen LogP contribution in [0, 0.1) is 0 Å². The van der Waals surface area contributed by atoms with Crippen molar-refractivity contribution in [1.82, 2.24) is 9.55 Å². The number of imidazole rings is 1. The van der Waals surface area contributed by atoms with E-state index in [1.54, 1.807) is 6.33 Å². The summed E-state index contributed by atoms with van der Waals surface area (Å²) in [5.74, 6) is 0.486. The SMILES string of the molecule is COC(=O)c1cncn1C1CC(C)Oc2ccccc21. The van der Waals surface area contributed by atoms with E-state index in [9.17, 15) is 4.79 Å². The van der Waals surface area contributed by atoms with Crippen molar-refractivity contribution in [1.29, 1.82) is 0 Å². The van der Waals surface area contributed by atoms with Crippen LogP contribution in [0.25, 0.3) is 0 Å². The lowest BCUT2D eigenvalue weighted by molar-refractivity contribution is 0.0583. The van der Waals surface area contributed by atoms with Crippen molar-refractivity contribution in [3.63, 3.8) is 0 Å². The molecule has 0 N–H and O–H groups in total.